The number of nitrogens with one attached hydrogen (secondary N) is 2. The SMILES string of the molecule is COCC(C)Oc1ccc(Cl)cc1S(=O)(=O)NC1CCNC(C)C1.Cl. The molecular formula is C16H26Cl2N2O4S. The number of methoxy groups -OCH3 is 1. The van der Waals surface area contributed by atoms with Crippen molar-refractivity contribution in [1.29, 1.82) is 0 Å². The number of ether oxygens (including phenoxy) is 2. The quantitative estimate of drug-likeness (QED) is 0.719. The second-order valence-electron chi connectivity index (χ2n) is 6.17. The van der Waals surface area contributed by atoms with Gasteiger partial charge in [-0.25, -0.2) is 13.1 Å². The molecule has 3 atom stereocenters. The first-order valence-corrected chi connectivity index (χ1v) is 9.89. The molecule has 1 fully saturated rings. The molecule has 2 N–H and O–H groups in total. The highest BCUT2D eigenvalue weighted by molar-refractivity contribution is 7.89. The number of halogens is 2. The second kappa shape index (κ2) is 9.94. The van der Waals surface area contributed by atoms with Gasteiger partial charge in [-0.2, -0.15) is 0 Å². The van der Waals surface area contributed by atoms with Crippen molar-refractivity contribution in [2.45, 2.75) is 49.8 Å². The molecule has 144 valence electrons. The van der Waals surface area contributed by atoms with Gasteiger partial charge in [-0.1, -0.05) is 11.6 Å². The Morgan fingerprint density at radius 2 is 2.16 bits per heavy atom. The summed E-state index contributed by atoms with van der Waals surface area (Å²) in [5.74, 6) is 0.276. The van der Waals surface area contributed by atoms with Crippen LogP contribution in [0.3, 0.4) is 0 Å². The van der Waals surface area contributed by atoms with Gasteiger partial charge < -0.3 is 14.8 Å². The van der Waals surface area contributed by atoms with Gasteiger partial charge in [0.2, 0.25) is 10.0 Å². The number of sulfonamides is 1. The zero-order valence-electron chi connectivity index (χ0n) is 14.6. The number of hydrogen-bond acceptors (Lipinski definition) is 5. The Bertz CT molecular complexity index is 658. The maximum absolute atomic E-state index is 12.8. The molecule has 25 heavy (non-hydrogen) atoms. The van der Waals surface area contributed by atoms with E-state index in [0.29, 0.717) is 11.6 Å². The molecule has 1 aromatic rings. The molecule has 1 aromatic carbocycles. The van der Waals surface area contributed by atoms with Crippen molar-refractivity contribution in [2.75, 3.05) is 20.3 Å². The maximum Gasteiger partial charge on any atom is 0.244 e. The van der Waals surface area contributed by atoms with Gasteiger partial charge in [0.15, 0.2) is 0 Å². The Morgan fingerprint density at radius 3 is 2.80 bits per heavy atom. The van der Waals surface area contributed by atoms with Crippen LogP contribution in [0.1, 0.15) is 26.7 Å². The third-order valence-corrected chi connectivity index (χ3v) is 5.65. The highest BCUT2D eigenvalue weighted by Gasteiger charge is 2.27. The first kappa shape index (κ1) is 22.5. The monoisotopic (exact) mass is 412 g/mol. The lowest BCUT2D eigenvalue weighted by atomic mass is 10.0. The molecule has 6 nitrogen and oxygen atoms in total. The Kier molecular flexibility index (Phi) is 8.94. The molecule has 0 radical (unpaired) electrons. The first-order chi connectivity index (χ1) is 11.3. The summed E-state index contributed by atoms with van der Waals surface area (Å²) in [5, 5.41) is 3.65. The molecule has 3 unspecified atom stereocenters. The highest BCUT2D eigenvalue weighted by atomic mass is 35.5. The van der Waals surface area contributed by atoms with Crippen LogP contribution in [0.2, 0.25) is 5.02 Å². The molecule has 2 rings (SSSR count). The molecule has 1 saturated heterocycles. The largest absolute Gasteiger partial charge is 0.487 e. The minimum absolute atomic E-state index is 0. The van der Waals surface area contributed by atoms with E-state index in [1.165, 1.54) is 6.07 Å². The maximum atomic E-state index is 12.8. The molecule has 0 spiro atoms. The Morgan fingerprint density at radius 1 is 1.44 bits per heavy atom. The van der Waals surface area contributed by atoms with E-state index >= 15 is 0 Å². The van der Waals surface area contributed by atoms with E-state index in [4.69, 9.17) is 21.1 Å². The first-order valence-electron chi connectivity index (χ1n) is 8.02. The zero-order chi connectivity index (χ0) is 17.7. The number of piperidine rings is 1. The van der Waals surface area contributed by atoms with E-state index in [1.807, 2.05) is 13.8 Å². The van der Waals surface area contributed by atoms with Crippen molar-refractivity contribution in [1.82, 2.24) is 10.0 Å². The molecule has 0 bridgehead atoms. The molecule has 0 aliphatic carbocycles. The third-order valence-electron chi connectivity index (χ3n) is 3.87. The van der Waals surface area contributed by atoms with Gasteiger partial charge in [-0.05, 0) is 51.4 Å². The summed E-state index contributed by atoms with van der Waals surface area (Å²) >= 11 is 6.00. The summed E-state index contributed by atoms with van der Waals surface area (Å²) in [6, 6.07) is 4.79. The van der Waals surface area contributed by atoms with Gasteiger partial charge in [0.25, 0.3) is 0 Å². The summed E-state index contributed by atoms with van der Waals surface area (Å²) in [6.07, 6.45) is 1.22. The van der Waals surface area contributed by atoms with Gasteiger partial charge in [0.05, 0.1) is 6.61 Å². The van der Waals surface area contributed by atoms with Crippen LogP contribution in [0.4, 0.5) is 0 Å². The molecular weight excluding hydrogens is 387 g/mol. The smallest absolute Gasteiger partial charge is 0.244 e. The Balaban J connectivity index is 0.00000312. The molecule has 0 amide bonds. The van der Waals surface area contributed by atoms with Crippen LogP contribution in [-0.2, 0) is 14.8 Å². The summed E-state index contributed by atoms with van der Waals surface area (Å²) in [5.41, 5.74) is 0. The number of rotatable bonds is 7. The summed E-state index contributed by atoms with van der Waals surface area (Å²) < 4.78 is 39.2. The minimum atomic E-state index is -3.73. The molecule has 1 heterocycles. The van der Waals surface area contributed by atoms with Crippen LogP contribution in [0, 0.1) is 0 Å². The fourth-order valence-electron chi connectivity index (χ4n) is 2.80. The van der Waals surface area contributed by atoms with Crippen molar-refractivity contribution in [2.24, 2.45) is 0 Å². The normalized spacial score (nSPS) is 22.1. The van der Waals surface area contributed by atoms with Gasteiger partial charge in [0.1, 0.15) is 16.7 Å². The Labute approximate surface area is 161 Å². The topological polar surface area (TPSA) is 76.7 Å². The lowest BCUT2D eigenvalue weighted by Crippen LogP contribution is -2.46. The van der Waals surface area contributed by atoms with E-state index < -0.39 is 10.0 Å². The summed E-state index contributed by atoms with van der Waals surface area (Å²) in [7, 11) is -2.16. The van der Waals surface area contributed by atoms with Crippen molar-refractivity contribution in [3.8, 4) is 5.75 Å². The minimum Gasteiger partial charge on any atom is -0.487 e. The van der Waals surface area contributed by atoms with Gasteiger partial charge >= 0.3 is 0 Å². The second-order valence-corrected chi connectivity index (χ2v) is 8.29. The molecule has 1 aliphatic heterocycles. The van der Waals surface area contributed by atoms with Gasteiger partial charge in [0, 0.05) is 24.2 Å². The van der Waals surface area contributed by atoms with Crippen LogP contribution < -0.4 is 14.8 Å². The predicted octanol–water partition coefficient (Wildman–Crippen LogP) is 2.59. The highest BCUT2D eigenvalue weighted by Crippen LogP contribution is 2.29. The van der Waals surface area contributed by atoms with Crippen LogP contribution in [0.25, 0.3) is 0 Å². The Hall–Kier alpha value is -0.570. The number of hydrogen-bond donors (Lipinski definition) is 2. The zero-order valence-corrected chi connectivity index (χ0v) is 17.0. The summed E-state index contributed by atoms with van der Waals surface area (Å²) in [4.78, 5) is 0.0594. The average Bonchev–Trinajstić information content (AvgIpc) is 2.49. The van der Waals surface area contributed by atoms with Crippen LogP contribution in [0.5, 0.6) is 5.75 Å². The molecule has 0 saturated carbocycles. The van der Waals surface area contributed by atoms with E-state index in [-0.39, 0.29) is 41.2 Å². The van der Waals surface area contributed by atoms with Crippen molar-refractivity contribution >= 4 is 34.0 Å². The number of benzene rings is 1. The van der Waals surface area contributed by atoms with E-state index in [2.05, 4.69) is 10.0 Å². The van der Waals surface area contributed by atoms with Crippen LogP contribution in [0.15, 0.2) is 23.1 Å². The summed E-state index contributed by atoms with van der Waals surface area (Å²) in [6.45, 7) is 5.01. The lowest BCUT2D eigenvalue weighted by molar-refractivity contribution is 0.0901. The van der Waals surface area contributed by atoms with Gasteiger partial charge in [-0.15, -0.1) is 12.4 Å². The van der Waals surface area contributed by atoms with E-state index in [0.717, 1.165) is 19.4 Å². The third kappa shape index (κ3) is 6.58. The van der Waals surface area contributed by atoms with Crippen molar-refractivity contribution < 1.29 is 17.9 Å². The lowest BCUT2D eigenvalue weighted by Gasteiger charge is -2.28. The fraction of sp³-hybridized carbons (Fsp3) is 0.625. The van der Waals surface area contributed by atoms with Crippen molar-refractivity contribution in [3.63, 3.8) is 0 Å². The molecule has 1 aliphatic rings. The van der Waals surface area contributed by atoms with Gasteiger partial charge in [-0.3, -0.25) is 0 Å². The van der Waals surface area contributed by atoms with Crippen molar-refractivity contribution in [3.05, 3.63) is 23.2 Å². The average molecular weight is 413 g/mol. The standard InChI is InChI=1S/C16H25ClN2O4S.ClH/c1-11-8-14(6-7-18-11)19-24(20,21)16-9-13(17)4-5-15(16)23-12(2)10-22-3;/h4-5,9,11-12,14,18-19H,6-8,10H2,1-3H3;1H. The predicted molar refractivity (Wildman–Crippen MR) is 101 cm³/mol. The van der Waals surface area contributed by atoms with Crippen LogP contribution >= 0.6 is 24.0 Å². The molecule has 0 aromatic heterocycles. The molecule has 9 heteroatoms. The fourth-order valence-corrected chi connectivity index (χ4v) is 4.48. The van der Waals surface area contributed by atoms with E-state index in [1.54, 1.807) is 19.2 Å². The van der Waals surface area contributed by atoms with Crippen LogP contribution in [-0.4, -0.2) is 46.9 Å². The van der Waals surface area contributed by atoms with E-state index in [9.17, 15) is 8.42 Å².